The molecule has 8 heteroatoms. The second kappa shape index (κ2) is 11.1. The third-order valence-corrected chi connectivity index (χ3v) is 8.10. The van der Waals surface area contributed by atoms with Crippen LogP contribution in [-0.4, -0.2) is 31.7 Å². The van der Waals surface area contributed by atoms with E-state index in [0.29, 0.717) is 5.69 Å². The molecule has 0 unspecified atom stereocenters. The van der Waals surface area contributed by atoms with Crippen LogP contribution >= 0.6 is 0 Å². The fourth-order valence-electron chi connectivity index (χ4n) is 4.36. The van der Waals surface area contributed by atoms with Crippen molar-refractivity contribution in [2.45, 2.75) is 39.5 Å². The minimum Gasteiger partial charge on any atom is -0.318 e. The molecule has 0 spiro atoms. The Morgan fingerprint density at radius 1 is 0.868 bits per heavy atom. The SMILES string of the molecule is Cc1ccc(S(=O)(=O)N(CC(=O)N/N=C\c2cc(C)n(-c3cccc(C)c3)c2C)c2cccc(C)c2)cc1. The first kappa shape index (κ1) is 26.9. The molecule has 0 bridgehead atoms. The van der Waals surface area contributed by atoms with E-state index >= 15 is 0 Å². The molecule has 4 aromatic rings. The zero-order chi connectivity index (χ0) is 27.4. The van der Waals surface area contributed by atoms with Crippen LogP contribution in [0.3, 0.4) is 0 Å². The molecule has 7 nitrogen and oxygen atoms in total. The molecule has 1 aromatic heterocycles. The summed E-state index contributed by atoms with van der Waals surface area (Å²) in [6.07, 6.45) is 1.58. The zero-order valence-corrected chi connectivity index (χ0v) is 23.1. The van der Waals surface area contributed by atoms with Gasteiger partial charge >= 0.3 is 0 Å². The number of hydrazone groups is 1. The van der Waals surface area contributed by atoms with E-state index in [9.17, 15) is 13.2 Å². The molecule has 4 rings (SSSR count). The smallest absolute Gasteiger partial charge is 0.264 e. The fraction of sp³-hybridized carbons (Fsp3) is 0.200. The average Bonchev–Trinajstić information content (AvgIpc) is 3.15. The van der Waals surface area contributed by atoms with Gasteiger partial charge in [-0.05, 0) is 88.2 Å². The second-order valence-electron chi connectivity index (χ2n) is 9.46. The summed E-state index contributed by atoms with van der Waals surface area (Å²) in [5.41, 5.74) is 9.83. The third-order valence-electron chi connectivity index (χ3n) is 6.31. The highest BCUT2D eigenvalue weighted by Crippen LogP contribution is 2.25. The van der Waals surface area contributed by atoms with Gasteiger partial charge in [0.15, 0.2) is 0 Å². The van der Waals surface area contributed by atoms with Crippen molar-refractivity contribution in [3.8, 4) is 5.69 Å². The Morgan fingerprint density at radius 3 is 2.18 bits per heavy atom. The van der Waals surface area contributed by atoms with Crippen LogP contribution in [0, 0.1) is 34.6 Å². The molecular formula is C30H32N4O3S. The van der Waals surface area contributed by atoms with Gasteiger partial charge in [0.1, 0.15) is 6.54 Å². The Balaban J connectivity index is 1.56. The molecule has 196 valence electrons. The summed E-state index contributed by atoms with van der Waals surface area (Å²) in [5.74, 6) is -0.550. The van der Waals surface area contributed by atoms with E-state index in [1.54, 1.807) is 48.7 Å². The molecule has 0 aliphatic carbocycles. The van der Waals surface area contributed by atoms with Gasteiger partial charge in [-0.25, -0.2) is 13.8 Å². The van der Waals surface area contributed by atoms with E-state index in [2.05, 4.69) is 34.2 Å². The number of carbonyl (C=O) groups is 1. The van der Waals surface area contributed by atoms with Crippen LogP contribution in [0.25, 0.3) is 5.69 Å². The van der Waals surface area contributed by atoms with E-state index in [4.69, 9.17) is 0 Å². The number of benzene rings is 3. The Hall–Kier alpha value is -4.17. The first-order chi connectivity index (χ1) is 18.1. The number of nitrogens with one attached hydrogen (secondary N) is 1. The van der Waals surface area contributed by atoms with Crippen LogP contribution in [0.15, 0.2) is 88.9 Å². The minimum atomic E-state index is -3.99. The Kier molecular flexibility index (Phi) is 7.83. The number of sulfonamides is 1. The van der Waals surface area contributed by atoms with Crippen LogP contribution in [0.2, 0.25) is 0 Å². The molecular weight excluding hydrogens is 496 g/mol. The van der Waals surface area contributed by atoms with E-state index in [0.717, 1.165) is 43.6 Å². The summed E-state index contributed by atoms with van der Waals surface area (Å²) in [4.78, 5) is 13.0. The largest absolute Gasteiger partial charge is 0.318 e. The van der Waals surface area contributed by atoms with Gasteiger partial charge < -0.3 is 4.57 Å². The predicted octanol–water partition coefficient (Wildman–Crippen LogP) is 5.37. The summed E-state index contributed by atoms with van der Waals surface area (Å²) in [5, 5.41) is 4.14. The summed E-state index contributed by atoms with van der Waals surface area (Å²) in [6.45, 7) is 9.40. The molecule has 1 amide bonds. The number of hydrogen-bond acceptors (Lipinski definition) is 4. The zero-order valence-electron chi connectivity index (χ0n) is 22.3. The maximum Gasteiger partial charge on any atom is 0.264 e. The maximum absolute atomic E-state index is 13.5. The van der Waals surface area contributed by atoms with Gasteiger partial charge in [-0.3, -0.25) is 9.10 Å². The summed E-state index contributed by atoms with van der Waals surface area (Å²) < 4.78 is 30.3. The molecule has 1 heterocycles. The summed E-state index contributed by atoms with van der Waals surface area (Å²) >= 11 is 0. The van der Waals surface area contributed by atoms with Crippen molar-refractivity contribution in [3.05, 3.63) is 113 Å². The van der Waals surface area contributed by atoms with Gasteiger partial charge in [0.05, 0.1) is 16.8 Å². The highest BCUT2D eigenvalue weighted by Gasteiger charge is 2.27. The van der Waals surface area contributed by atoms with Crippen LogP contribution in [0.5, 0.6) is 0 Å². The van der Waals surface area contributed by atoms with Gasteiger partial charge in [-0.2, -0.15) is 5.10 Å². The van der Waals surface area contributed by atoms with Crippen molar-refractivity contribution in [2.75, 3.05) is 10.8 Å². The normalized spacial score (nSPS) is 11.6. The van der Waals surface area contributed by atoms with Crippen molar-refractivity contribution in [1.82, 2.24) is 9.99 Å². The Morgan fingerprint density at radius 2 is 1.53 bits per heavy atom. The first-order valence-corrected chi connectivity index (χ1v) is 13.7. The molecule has 0 atom stereocenters. The number of carbonyl (C=O) groups excluding carboxylic acids is 1. The van der Waals surface area contributed by atoms with Crippen molar-refractivity contribution in [3.63, 3.8) is 0 Å². The number of anilines is 1. The lowest BCUT2D eigenvalue weighted by molar-refractivity contribution is -0.119. The number of hydrogen-bond donors (Lipinski definition) is 1. The lowest BCUT2D eigenvalue weighted by Crippen LogP contribution is -2.39. The molecule has 0 radical (unpaired) electrons. The van der Waals surface area contributed by atoms with E-state index in [-0.39, 0.29) is 4.90 Å². The average molecular weight is 529 g/mol. The topological polar surface area (TPSA) is 83.8 Å². The van der Waals surface area contributed by atoms with E-state index in [1.807, 2.05) is 52.0 Å². The first-order valence-electron chi connectivity index (χ1n) is 12.3. The summed E-state index contributed by atoms with van der Waals surface area (Å²) in [6, 6.07) is 23.8. The van der Waals surface area contributed by atoms with Crippen LogP contribution in [0.4, 0.5) is 5.69 Å². The van der Waals surface area contributed by atoms with Crippen LogP contribution in [0.1, 0.15) is 33.6 Å². The van der Waals surface area contributed by atoms with E-state index in [1.165, 1.54) is 0 Å². The number of nitrogens with zero attached hydrogens (tertiary/aromatic N) is 3. The van der Waals surface area contributed by atoms with Gasteiger partial charge in [-0.15, -0.1) is 0 Å². The Labute approximate surface area is 224 Å². The molecule has 0 saturated heterocycles. The fourth-order valence-corrected chi connectivity index (χ4v) is 5.77. The van der Waals surface area contributed by atoms with Crippen molar-refractivity contribution in [2.24, 2.45) is 5.10 Å². The molecule has 0 aliphatic heterocycles. The Bertz CT molecular complexity index is 1600. The number of aryl methyl sites for hydroxylation is 4. The van der Waals surface area contributed by atoms with Gasteiger partial charge in [-0.1, -0.05) is 42.0 Å². The van der Waals surface area contributed by atoms with Gasteiger partial charge in [0, 0.05) is 22.6 Å². The number of amides is 1. The summed E-state index contributed by atoms with van der Waals surface area (Å²) in [7, 11) is -3.99. The maximum atomic E-state index is 13.5. The third kappa shape index (κ3) is 5.86. The molecule has 0 aliphatic rings. The quantitative estimate of drug-likeness (QED) is 0.247. The number of aromatic nitrogens is 1. The van der Waals surface area contributed by atoms with Gasteiger partial charge in [0.25, 0.3) is 15.9 Å². The van der Waals surface area contributed by atoms with Crippen molar-refractivity contribution < 1.29 is 13.2 Å². The molecule has 3 aromatic carbocycles. The van der Waals surface area contributed by atoms with Crippen molar-refractivity contribution >= 4 is 27.8 Å². The van der Waals surface area contributed by atoms with Gasteiger partial charge in [0.2, 0.25) is 0 Å². The van der Waals surface area contributed by atoms with Crippen LogP contribution in [-0.2, 0) is 14.8 Å². The molecule has 1 N–H and O–H groups in total. The monoisotopic (exact) mass is 528 g/mol. The second-order valence-corrected chi connectivity index (χ2v) is 11.3. The van der Waals surface area contributed by atoms with E-state index < -0.39 is 22.5 Å². The van der Waals surface area contributed by atoms with Crippen LogP contribution < -0.4 is 9.73 Å². The molecule has 0 fully saturated rings. The molecule has 38 heavy (non-hydrogen) atoms. The molecule has 0 saturated carbocycles. The predicted molar refractivity (Wildman–Crippen MR) is 153 cm³/mol. The number of rotatable bonds is 8. The highest BCUT2D eigenvalue weighted by molar-refractivity contribution is 7.92. The minimum absolute atomic E-state index is 0.115. The highest BCUT2D eigenvalue weighted by atomic mass is 32.2. The van der Waals surface area contributed by atoms with Crippen molar-refractivity contribution in [1.29, 1.82) is 0 Å². The lowest BCUT2D eigenvalue weighted by atomic mass is 10.2. The standard InChI is InChI=1S/C30H32N4O3S/c1-21-12-14-29(15-13-21)38(36,37)33(27-10-6-8-22(2)16-27)20-30(35)32-31-19-26-18-24(4)34(25(26)5)28-11-7-9-23(3)17-28/h6-19H,20H2,1-5H3,(H,32,35)/b31-19-. The lowest BCUT2D eigenvalue weighted by Gasteiger charge is -2.24.